The molecule has 0 bridgehead atoms. The molecule has 1 saturated heterocycles. The summed E-state index contributed by atoms with van der Waals surface area (Å²) in [5, 5.41) is 7.28. The van der Waals surface area contributed by atoms with E-state index in [4.69, 9.17) is 25.8 Å². The van der Waals surface area contributed by atoms with Crippen molar-refractivity contribution in [2.75, 3.05) is 27.0 Å². The molecule has 2 N–H and O–H groups in total. The van der Waals surface area contributed by atoms with E-state index >= 15 is 0 Å². The number of methoxy groups -OCH3 is 1. The van der Waals surface area contributed by atoms with E-state index in [0.717, 1.165) is 11.1 Å². The fourth-order valence-corrected chi connectivity index (χ4v) is 5.27. The smallest absolute Gasteiger partial charge is 0.237 e. The normalized spacial score (nSPS) is 18.5. The molecular weight excluding hydrogens is 509 g/mol. The lowest BCUT2D eigenvalue weighted by atomic mass is 10.1. The Morgan fingerprint density at radius 1 is 1.13 bits per heavy atom. The molecule has 2 aliphatic heterocycles. The van der Waals surface area contributed by atoms with Gasteiger partial charge in [-0.05, 0) is 59.9 Å². The average Bonchev–Trinajstić information content (AvgIpc) is 3.55. The van der Waals surface area contributed by atoms with E-state index in [1.54, 1.807) is 25.3 Å². The first kappa shape index (κ1) is 26.3. The topological polar surface area (TPSA) is 72.1 Å². The van der Waals surface area contributed by atoms with E-state index in [0.29, 0.717) is 66.9 Å². The van der Waals surface area contributed by atoms with Gasteiger partial charge < -0.3 is 24.8 Å². The lowest BCUT2D eigenvalue weighted by Crippen LogP contribution is -2.43. The van der Waals surface area contributed by atoms with Crippen LogP contribution in [0.1, 0.15) is 23.1 Å². The first-order valence-corrected chi connectivity index (χ1v) is 13.1. The van der Waals surface area contributed by atoms with Gasteiger partial charge in [0.15, 0.2) is 11.5 Å². The van der Waals surface area contributed by atoms with Crippen LogP contribution in [0.3, 0.4) is 0 Å². The zero-order valence-corrected chi connectivity index (χ0v) is 22.0. The lowest BCUT2D eigenvalue weighted by Gasteiger charge is -2.23. The number of carbonyl (C=O) groups excluding carboxylic acids is 1. The Hall–Kier alpha value is -3.33. The molecular formula is C29H31ClFN3O4. The van der Waals surface area contributed by atoms with E-state index in [1.165, 1.54) is 6.07 Å². The van der Waals surface area contributed by atoms with Crippen LogP contribution in [0, 0.1) is 5.82 Å². The maximum atomic E-state index is 14.0. The van der Waals surface area contributed by atoms with Crippen molar-refractivity contribution in [2.24, 2.45) is 0 Å². The van der Waals surface area contributed by atoms with Crippen LogP contribution >= 0.6 is 11.6 Å². The molecule has 200 valence electrons. The van der Waals surface area contributed by atoms with Crippen LogP contribution in [-0.4, -0.2) is 49.9 Å². The van der Waals surface area contributed by atoms with E-state index in [2.05, 4.69) is 15.5 Å². The Kier molecular flexibility index (Phi) is 8.32. The number of halogens is 2. The van der Waals surface area contributed by atoms with Crippen LogP contribution in [0.5, 0.6) is 17.2 Å². The molecule has 0 saturated carbocycles. The number of likely N-dealkylation sites (tertiary alicyclic amines) is 1. The van der Waals surface area contributed by atoms with Crippen molar-refractivity contribution in [1.29, 1.82) is 0 Å². The zero-order valence-electron chi connectivity index (χ0n) is 21.2. The molecule has 0 unspecified atom stereocenters. The number of nitrogens with one attached hydrogen (secondary N) is 2. The minimum absolute atomic E-state index is 0.0579. The van der Waals surface area contributed by atoms with Gasteiger partial charge in [0, 0.05) is 37.2 Å². The molecule has 2 heterocycles. The van der Waals surface area contributed by atoms with Crippen molar-refractivity contribution in [1.82, 2.24) is 15.5 Å². The Morgan fingerprint density at radius 2 is 2.00 bits per heavy atom. The lowest BCUT2D eigenvalue weighted by molar-refractivity contribution is -0.125. The summed E-state index contributed by atoms with van der Waals surface area (Å²) in [4.78, 5) is 15.4. The third kappa shape index (κ3) is 6.20. The minimum atomic E-state index is -0.321. The van der Waals surface area contributed by atoms with Crippen molar-refractivity contribution >= 4 is 17.5 Å². The van der Waals surface area contributed by atoms with Crippen LogP contribution < -0.4 is 24.8 Å². The summed E-state index contributed by atoms with van der Waals surface area (Å²) in [5.41, 5.74) is 2.64. The van der Waals surface area contributed by atoms with E-state index in [9.17, 15) is 9.18 Å². The third-order valence-electron chi connectivity index (χ3n) is 6.95. The number of rotatable bonds is 10. The van der Waals surface area contributed by atoms with Gasteiger partial charge in [-0.2, -0.15) is 0 Å². The number of fused-ring (bicyclic) bond motifs is 1. The van der Waals surface area contributed by atoms with Gasteiger partial charge in [0.05, 0.1) is 13.2 Å². The first-order chi connectivity index (χ1) is 18.5. The second kappa shape index (κ2) is 12.0. The molecule has 2 aliphatic rings. The molecule has 0 aromatic heterocycles. The molecule has 0 aliphatic carbocycles. The number of hydrogen-bond donors (Lipinski definition) is 2. The molecule has 9 heteroatoms. The third-order valence-corrected chi connectivity index (χ3v) is 7.18. The number of nitrogens with zero attached hydrogens (tertiary/aromatic N) is 1. The maximum absolute atomic E-state index is 14.0. The minimum Gasteiger partial charge on any atom is -0.493 e. The van der Waals surface area contributed by atoms with E-state index in [-0.39, 0.29) is 30.6 Å². The van der Waals surface area contributed by atoms with Crippen LogP contribution in [0.15, 0.2) is 60.7 Å². The predicted octanol–water partition coefficient (Wildman–Crippen LogP) is 4.31. The van der Waals surface area contributed by atoms with Gasteiger partial charge in [0.25, 0.3) is 0 Å². The standard InChI is InChI=1S/C29H31ClFN3O4/c1-36-26-12-20(13-27-28(26)38-18-37-27)15-33-23-14-25(34(17-23)16-19-5-4-7-22(30)11-19)29(35)32-10-9-21-6-2-3-8-24(21)31/h2-8,11-13,23,25,33H,9-10,14-18H2,1H3,(H,32,35)/t23-,25-/m0/s1. The molecule has 1 amide bonds. The summed E-state index contributed by atoms with van der Waals surface area (Å²) in [6.45, 7) is 2.43. The molecule has 5 rings (SSSR count). The highest BCUT2D eigenvalue weighted by molar-refractivity contribution is 6.30. The summed E-state index contributed by atoms with van der Waals surface area (Å²) in [7, 11) is 1.61. The summed E-state index contributed by atoms with van der Waals surface area (Å²) < 4.78 is 30.5. The molecule has 3 aromatic rings. The van der Waals surface area contributed by atoms with Crippen molar-refractivity contribution in [3.05, 3.63) is 88.2 Å². The van der Waals surface area contributed by atoms with Crippen molar-refractivity contribution in [3.8, 4) is 17.2 Å². The Balaban J connectivity index is 1.24. The van der Waals surface area contributed by atoms with Crippen LogP contribution in [0.2, 0.25) is 5.02 Å². The van der Waals surface area contributed by atoms with Crippen LogP contribution in [0.4, 0.5) is 4.39 Å². The quantitative estimate of drug-likeness (QED) is 0.400. The molecule has 3 aromatic carbocycles. The largest absolute Gasteiger partial charge is 0.493 e. The van der Waals surface area contributed by atoms with Gasteiger partial charge in [-0.3, -0.25) is 9.69 Å². The number of hydrogen-bond acceptors (Lipinski definition) is 6. The van der Waals surface area contributed by atoms with Crippen LogP contribution in [-0.2, 0) is 24.3 Å². The van der Waals surface area contributed by atoms with Crippen molar-refractivity contribution in [2.45, 2.75) is 38.0 Å². The molecule has 0 radical (unpaired) electrons. The van der Waals surface area contributed by atoms with Crippen LogP contribution in [0.25, 0.3) is 0 Å². The molecule has 38 heavy (non-hydrogen) atoms. The second-order valence-electron chi connectivity index (χ2n) is 9.55. The highest BCUT2D eigenvalue weighted by atomic mass is 35.5. The fraction of sp³-hybridized carbons (Fsp3) is 0.345. The zero-order chi connectivity index (χ0) is 26.5. The summed E-state index contributed by atoms with van der Waals surface area (Å²) >= 11 is 6.21. The molecule has 7 nitrogen and oxygen atoms in total. The summed E-state index contributed by atoms with van der Waals surface area (Å²) in [6.07, 6.45) is 1.08. The maximum Gasteiger partial charge on any atom is 0.237 e. The Labute approximate surface area is 226 Å². The SMILES string of the molecule is COc1cc(CN[C@H]2C[C@@H](C(=O)NCCc3ccccc3F)N(Cc3cccc(Cl)c3)C2)cc2c1OCO2. The second-order valence-corrected chi connectivity index (χ2v) is 9.99. The van der Waals surface area contributed by atoms with Gasteiger partial charge in [-0.25, -0.2) is 4.39 Å². The van der Waals surface area contributed by atoms with E-state index in [1.807, 2.05) is 36.4 Å². The van der Waals surface area contributed by atoms with Gasteiger partial charge in [0.1, 0.15) is 5.82 Å². The number of amides is 1. The molecule has 0 spiro atoms. The Bertz CT molecular complexity index is 1290. The van der Waals surface area contributed by atoms with Gasteiger partial charge in [-0.1, -0.05) is 41.9 Å². The van der Waals surface area contributed by atoms with Gasteiger partial charge in [0.2, 0.25) is 18.4 Å². The van der Waals surface area contributed by atoms with Crippen molar-refractivity contribution < 1.29 is 23.4 Å². The fourth-order valence-electron chi connectivity index (χ4n) is 5.06. The number of benzene rings is 3. The number of carbonyl (C=O) groups is 1. The highest BCUT2D eigenvalue weighted by Gasteiger charge is 2.36. The predicted molar refractivity (Wildman–Crippen MR) is 143 cm³/mol. The van der Waals surface area contributed by atoms with Gasteiger partial charge in [-0.15, -0.1) is 0 Å². The highest BCUT2D eigenvalue weighted by Crippen LogP contribution is 2.41. The molecule has 2 atom stereocenters. The average molecular weight is 540 g/mol. The Morgan fingerprint density at radius 3 is 2.82 bits per heavy atom. The first-order valence-electron chi connectivity index (χ1n) is 12.7. The summed E-state index contributed by atoms with van der Waals surface area (Å²) in [5.74, 6) is 1.61. The number of ether oxygens (including phenoxy) is 3. The van der Waals surface area contributed by atoms with Crippen molar-refractivity contribution in [3.63, 3.8) is 0 Å². The van der Waals surface area contributed by atoms with Gasteiger partial charge >= 0.3 is 0 Å². The molecule has 1 fully saturated rings. The monoisotopic (exact) mass is 539 g/mol. The van der Waals surface area contributed by atoms with E-state index < -0.39 is 0 Å². The summed E-state index contributed by atoms with van der Waals surface area (Å²) in [6, 6.07) is 18.0.